The molecule has 7 nitrogen and oxygen atoms in total. The van der Waals surface area contributed by atoms with Gasteiger partial charge in [-0.2, -0.15) is 0 Å². The molecule has 21 heavy (non-hydrogen) atoms. The molecule has 0 aliphatic heterocycles. The number of aromatic nitrogens is 3. The number of thioether (sulfide) groups is 1. The maximum atomic E-state index is 11.8. The molecule has 1 heterocycles. The first-order chi connectivity index (χ1) is 10.1. The average Bonchev–Trinajstić information content (AvgIpc) is 2.96. The fraction of sp³-hybridized carbons (Fsp3) is 0.231. The summed E-state index contributed by atoms with van der Waals surface area (Å²) in [6.07, 6.45) is 1.58. The summed E-state index contributed by atoms with van der Waals surface area (Å²) < 4.78 is 1.79. The van der Waals surface area contributed by atoms with Crippen molar-refractivity contribution in [3.05, 3.63) is 36.7 Å². The highest BCUT2D eigenvalue weighted by molar-refractivity contribution is 8.00. The van der Waals surface area contributed by atoms with E-state index in [1.807, 2.05) is 30.3 Å². The summed E-state index contributed by atoms with van der Waals surface area (Å²) in [6, 6.07) is 9.04. The van der Waals surface area contributed by atoms with Gasteiger partial charge in [0.25, 0.3) is 0 Å². The first-order valence-corrected chi connectivity index (χ1v) is 7.14. The quantitative estimate of drug-likeness (QED) is 0.829. The van der Waals surface area contributed by atoms with Gasteiger partial charge in [0.2, 0.25) is 5.91 Å². The minimum absolute atomic E-state index is 0.387. The van der Waals surface area contributed by atoms with Gasteiger partial charge < -0.3 is 5.32 Å². The van der Waals surface area contributed by atoms with Gasteiger partial charge in [-0.3, -0.25) is 14.7 Å². The topological polar surface area (TPSA) is 88.9 Å². The molecule has 0 aliphatic rings. The molecule has 0 saturated carbocycles. The zero-order valence-corrected chi connectivity index (χ0v) is 12.4. The van der Waals surface area contributed by atoms with Crippen LogP contribution in [0, 0.1) is 0 Å². The van der Waals surface area contributed by atoms with Crippen molar-refractivity contribution in [3.63, 3.8) is 0 Å². The number of urea groups is 1. The van der Waals surface area contributed by atoms with Crippen LogP contribution in [0.2, 0.25) is 0 Å². The summed E-state index contributed by atoms with van der Waals surface area (Å²) in [5, 5.41) is 12.6. The number of benzene rings is 1. The van der Waals surface area contributed by atoms with Gasteiger partial charge in [0.15, 0.2) is 5.16 Å². The van der Waals surface area contributed by atoms with Gasteiger partial charge in [-0.25, -0.2) is 4.79 Å². The minimum atomic E-state index is -0.531. The number of hydrogen-bond donors (Lipinski definition) is 2. The number of carbonyl (C=O) groups is 2. The van der Waals surface area contributed by atoms with E-state index < -0.39 is 11.3 Å². The van der Waals surface area contributed by atoms with Crippen molar-refractivity contribution in [2.75, 3.05) is 7.05 Å². The Hall–Kier alpha value is -2.35. The number of amides is 3. The van der Waals surface area contributed by atoms with Crippen molar-refractivity contribution in [2.24, 2.45) is 0 Å². The lowest BCUT2D eigenvalue weighted by molar-refractivity contribution is -0.119. The van der Waals surface area contributed by atoms with E-state index in [1.54, 1.807) is 17.8 Å². The van der Waals surface area contributed by atoms with Crippen LogP contribution in [0.4, 0.5) is 4.79 Å². The lowest BCUT2D eigenvalue weighted by atomic mass is 10.3. The molecule has 0 radical (unpaired) electrons. The van der Waals surface area contributed by atoms with Crippen LogP contribution in [-0.4, -0.2) is 39.0 Å². The molecule has 0 saturated heterocycles. The summed E-state index contributed by atoms with van der Waals surface area (Å²) in [4.78, 5) is 23.0. The van der Waals surface area contributed by atoms with Gasteiger partial charge in [-0.05, 0) is 19.1 Å². The normalized spacial score (nSPS) is 11.7. The number of nitrogens with zero attached hydrogens (tertiary/aromatic N) is 3. The smallest absolute Gasteiger partial charge is 0.321 e. The van der Waals surface area contributed by atoms with Crippen LogP contribution >= 0.6 is 11.8 Å². The van der Waals surface area contributed by atoms with Crippen LogP contribution in [0.5, 0.6) is 0 Å². The predicted molar refractivity (Wildman–Crippen MR) is 79.3 cm³/mol. The van der Waals surface area contributed by atoms with Crippen LogP contribution in [0.3, 0.4) is 0 Å². The molecule has 0 aliphatic carbocycles. The maximum Gasteiger partial charge on any atom is 0.321 e. The fourth-order valence-corrected chi connectivity index (χ4v) is 2.40. The zero-order chi connectivity index (χ0) is 15.2. The van der Waals surface area contributed by atoms with Crippen molar-refractivity contribution in [1.29, 1.82) is 0 Å². The van der Waals surface area contributed by atoms with Crippen LogP contribution in [0.25, 0.3) is 5.69 Å². The Morgan fingerprint density at radius 3 is 2.67 bits per heavy atom. The Balaban J connectivity index is 2.09. The van der Waals surface area contributed by atoms with E-state index in [0.29, 0.717) is 5.16 Å². The van der Waals surface area contributed by atoms with Crippen LogP contribution in [-0.2, 0) is 4.79 Å². The van der Waals surface area contributed by atoms with Gasteiger partial charge >= 0.3 is 6.03 Å². The largest absolute Gasteiger partial charge is 0.341 e. The summed E-state index contributed by atoms with van der Waals surface area (Å²) in [6.45, 7) is 1.70. The van der Waals surface area contributed by atoms with Gasteiger partial charge in [-0.15, -0.1) is 10.2 Å². The summed E-state index contributed by atoms with van der Waals surface area (Å²) >= 11 is 1.23. The highest BCUT2D eigenvalue weighted by Crippen LogP contribution is 2.23. The Morgan fingerprint density at radius 1 is 1.29 bits per heavy atom. The van der Waals surface area contributed by atoms with Crippen LogP contribution < -0.4 is 10.6 Å². The first-order valence-electron chi connectivity index (χ1n) is 6.26. The molecule has 2 N–H and O–H groups in total. The molecule has 0 spiro atoms. The van der Waals surface area contributed by atoms with Crippen molar-refractivity contribution >= 4 is 23.7 Å². The highest BCUT2D eigenvalue weighted by Gasteiger charge is 2.19. The fourth-order valence-electron chi connectivity index (χ4n) is 1.56. The summed E-state index contributed by atoms with van der Waals surface area (Å²) in [5.41, 5.74) is 0.906. The highest BCUT2D eigenvalue weighted by atomic mass is 32.2. The van der Waals surface area contributed by atoms with E-state index in [0.717, 1.165) is 5.69 Å². The van der Waals surface area contributed by atoms with Crippen LogP contribution in [0.1, 0.15) is 6.92 Å². The third-order valence-corrected chi connectivity index (χ3v) is 3.72. The standard InChI is InChI=1S/C13H15N5O2S/c1-9(11(19)16-12(20)14-2)21-13-17-15-8-18(13)10-6-4-3-5-7-10/h3-9H,1-2H3,(H2,14,16,19,20)/t9-/m1/s1. The second-order valence-electron chi connectivity index (χ2n) is 4.15. The minimum Gasteiger partial charge on any atom is -0.341 e. The van der Waals surface area contributed by atoms with Gasteiger partial charge in [0.1, 0.15) is 6.33 Å². The van der Waals surface area contributed by atoms with Crippen LogP contribution in [0.15, 0.2) is 41.8 Å². The molecule has 3 amide bonds. The molecule has 110 valence electrons. The lowest BCUT2D eigenvalue weighted by Gasteiger charge is -2.11. The van der Waals surface area contributed by atoms with E-state index in [2.05, 4.69) is 20.8 Å². The third-order valence-electron chi connectivity index (χ3n) is 2.67. The monoisotopic (exact) mass is 305 g/mol. The predicted octanol–water partition coefficient (Wildman–Crippen LogP) is 1.20. The Kier molecular flexibility index (Phi) is 4.94. The molecule has 1 aromatic carbocycles. The average molecular weight is 305 g/mol. The number of para-hydroxylation sites is 1. The van der Waals surface area contributed by atoms with E-state index in [4.69, 9.17) is 0 Å². The van der Waals surface area contributed by atoms with E-state index in [9.17, 15) is 9.59 Å². The number of hydrogen-bond acceptors (Lipinski definition) is 5. The van der Waals surface area contributed by atoms with E-state index >= 15 is 0 Å². The summed E-state index contributed by atoms with van der Waals surface area (Å²) in [7, 11) is 1.45. The Bertz CT molecular complexity index is 629. The molecule has 1 aromatic heterocycles. The van der Waals surface area contributed by atoms with E-state index in [-0.39, 0.29) is 5.91 Å². The number of carbonyl (C=O) groups excluding carboxylic acids is 2. The maximum absolute atomic E-state index is 11.8. The van der Waals surface area contributed by atoms with Crippen molar-refractivity contribution in [2.45, 2.75) is 17.3 Å². The first kappa shape index (κ1) is 15.0. The molecule has 0 fully saturated rings. The molecule has 2 rings (SSSR count). The summed E-state index contributed by atoms with van der Waals surface area (Å²) in [5.74, 6) is -0.387. The second-order valence-corrected chi connectivity index (χ2v) is 5.46. The Labute approximate surface area is 126 Å². The second kappa shape index (κ2) is 6.89. The molecular formula is C13H15N5O2S. The molecule has 8 heteroatoms. The van der Waals surface area contributed by atoms with Gasteiger partial charge in [0, 0.05) is 12.7 Å². The van der Waals surface area contributed by atoms with Gasteiger partial charge in [0.05, 0.1) is 5.25 Å². The number of rotatable bonds is 4. The zero-order valence-electron chi connectivity index (χ0n) is 11.6. The SMILES string of the molecule is CNC(=O)NC(=O)[C@@H](C)Sc1nncn1-c1ccccc1. The Morgan fingerprint density at radius 2 is 2.00 bits per heavy atom. The molecule has 0 unspecified atom stereocenters. The van der Waals surface area contributed by atoms with Crippen molar-refractivity contribution < 1.29 is 9.59 Å². The van der Waals surface area contributed by atoms with Gasteiger partial charge in [-0.1, -0.05) is 30.0 Å². The van der Waals surface area contributed by atoms with E-state index in [1.165, 1.54) is 18.8 Å². The number of nitrogens with one attached hydrogen (secondary N) is 2. The molecule has 0 bridgehead atoms. The molecular weight excluding hydrogens is 290 g/mol. The number of imide groups is 1. The third kappa shape index (κ3) is 3.82. The lowest BCUT2D eigenvalue weighted by Crippen LogP contribution is -2.41. The molecule has 2 aromatic rings. The molecule has 1 atom stereocenters. The van der Waals surface area contributed by atoms with Crippen molar-refractivity contribution in [1.82, 2.24) is 25.4 Å². The van der Waals surface area contributed by atoms with Crippen molar-refractivity contribution in [3.8, 4) is 5.69 Å².